The lowest BCUT2D eigenvalue weighted by Crippen LogP contribution is -2.40. The van der Waals surface area contributed by atoms with E-state index >= 15 is 0 Å². The SMILES string of the molecule is CC/C=C\C/C=C\C/C=C\C/C=C\C/C=C\C/C=C\C/C=C\C/C=C\C/C=C\CCCC(=O)OC(COC(=O)CCCCCCCCCCCC/C=C\C/C=C\C/C=C\C/C=C\CC)COC(OCC[N+](C)(C)C)C(=O)O. The van der Waals surface area contributed by atoms with Gasteiger partial charge in [0.05, 0.1) is 34.4 Å². The van der Waals surface area contributed by atoms with Crippen LogP contribution >= 0.6 is 0 Å². The Kier molecular flexibility index (Phi) is 53.3. The zero-order valence-corrected chi connectivity index (χ0v) is 49.0. The minimum atomic E-state index is -1.54. The van der Waals surface area contributed by atoms with Crippen molar-refractivity contribution in [1.82, 2.24) is 0 Å². The van der Waals surface area contributed by atoms with Crippen molar-refractivity contribution >= 4 is 17.9 Å². The summed E-state index contributed by atoms with van der Waals surface area (Å²) in [4.78, 5) is 37.4. The zero-order valence-electron chi connectivity index (χ0n) is 49.0. The first-order valence-electron chi connectivity index (χ1n) is 29.6. The van der Waals surface area contributed by atoms with Gasteiger partial charge in [-0.3, -0.25) is 9.59 Å². The van der Waals surface area contributed by atoms with E-state index in [1.54, 1.807) is 0 Å². The number of hydrogen-bond acceptors (Lipinski definition) is 7. The molecule has 0 saturated carbocycles. The molecule has 0 bridgehead atoms. The van der Waals surface area contributed by atoms with Gasteiger partial charge in [0.15, 0.2) is 6.10 Å². The van der Waals surface area contributed by atoms with E-state index in [0.717, 1.165) is 116 Å². The topological polar surface area (TPSA) is 108 Å². The van der Waals surface area contributed by atoms with E-state index in [9.17, 15) is 19.5 Å². The molecule has 0 radical (unpaired) electrons. The number of esters is 2. The molecule has 0 rings (SSSR count). The summed E-state index contributed by atoms with van der Waals surface area (Å²) in [5.74, 6) is -2.11. The maximum absolute atomic E-state index is 12.9. The summed E-state index contributed by atoms with van der Waals surface area (Å²) in [5.41, 5.74) is 0. The van der Waals surface area contributed by atoms with Crippen molar-refractivity contribution in [3.63, 3.8) is 0 Å². The minimum absolute atomic E-state index is 0.166. The van der Waals surface area contributed by atoms with Crippen LogP contribution in [0.15, 0.2) is 158 Å². The molecule has 0 aliphatic heterocycles. The van der Waals surface area contributed by atoms with Gasteiger partial charge in [0.25, 0.3) is 6.29 Å². The van der Waals surface area contributed by atoms with Crippen LogP contribution in [0.2, 0.25) is 0 Å². The van der Waals surface area contributed by atoms with Crippen LogP contribution in [0.5, 0.6) is 0 Å². The number of carboxylic acid groups (broad SMARTS) is 1. The normalized spacial score (nSPS) is 13.9. The summed E-state index contributed by atoms with van der Waals surface area (Å²) in [6.07, 6.45) is 81.8. The van der Waals surface area contributed by atoms with Crippen LogP contribution in [-0.2, 0) is 33.3 Å². The summed E-state index contributed by atoms with van der Waals surface area (Å²) in [6, 6.07) is 0. The van der Waals surface area contributed by atoms with E-state index in [0.29, 0.717) is 23.9 Å². The number of ether oxygens (including phenoxy) is 4. The Morgan fingerprint density at radius 2 is 0.714 bits per heavy atom. The van der Waals surface area contributed by atoms with Gasteiger partial charge >= 0.3 is 17.9 Å². The summed E-state index contributed by atoms with van der Waals surface area (Å²) in [5, 5.41) is 9.71. The molecule has 0 saturated heterocycles. The number of nitrogens with zero attached hydrogens (tertiary/aromatic N) is 1. The molecule has 0 aromatic rings. The average molecular weight is 1070 g/mol. The van der Waals surface area contributed by atoms with E-state index < -0.39 is 24.3 Å². The summed E-state index contributed by atoms with van der Waals surface area (Å²) in [6.45, 7) is 4.55. The molecule has 0 aromatic heterocycles. The number of likely N-dealkylation sites (N-methyl/N-ethyl adjacent to an activating group) is 1. The molecule has 9 heteroatoms. The number of carbonyl (C=O) groups is 3. The molecule has 0 amide bonds. The molecule has 2 atom stereocenters. The molecule has 0 fully saturated rings. The lowest BCUT2D eigenvalue weighted by molar-refractivity contribution is -0.870. The number of unbranched alkanes of at least 4 members (excludes halogenated alkanes) is 11. The molecule has 9 nitrogen and oxygen atoms in total. The van der Waals surface area contributed by atoms with Gasteiger partial charge in [-0.2, -0.15) is 0 Å². The maximum Gasteiger partial charge on any atom is 0.361 e. The van der Waals surface area contributed by atoms with Crippen LogP contribution < -0.4 is 0 Å². The maximum atomic E-state index is 12.9. The van der Waals surface area contributed by atoms with Gasteiger partial charge in [0.1, 0.15) is 13.2 Å². The number of hydrogen-bond donors (Lipinski definition) is 1. The van der Waals surface area contributed by atoms with E-state index in [2.05, 4.69) is 172 Å². The Bertz CT molecular complexity index is 1810. The predicted octanol–water partition coefficient (Wildman–Crippen LogP) is 17.8. The highest BCUT2D eigenvalue weighted by atomic mass is 16.7. The fourth-order valence-electron chi connectivity index (χ4n) is 7.30. The average Bonchev–Trinajstić information content (AvgIpc) is 3.40. The summed E-state index contributed by atoms with van der Waals surface area (Å²) in [7, 11) is 5.93. The second-order valence-electron chi connectivity index (χ2n) is 20.2. The Hall–Kier alpha value is -5.09. The first-order chi connectivity index (χ1) is 37.6. The Balaban J connectivity index is 4.41. The molecule has 1 N–H and O–H groups in total. The third-order valence-corrected chi connectivity index (χ3v) is 11.8. The van der Waals surface area contributed by atoms with Gasteiger partial charge in [0.2, 0.25) is 0 Å². The van der Waals surface area contributed by atoms with Gasteiger partial charge in [-0.1, -0.05) is 223 Å². The van der Waals surface area contributed by atoms with Gasteiger partial charge in [0, 0.05) is 12.8 Å². The number of aliphatic carboxylic acids is 1. The fraction of sp³-hybridized carbons (Fsp3) is 0.574. The number of quaternary nitrogens is 1. The molecule has 77 heavy (non-hydrogen) atoms. The molecule has 0 heterocycles. The largest absolute Gasteiger partial charge is 0.477 e. The van der Waals surface area contributed by atoms with Crippen LogP contribution in [0.3, 0.4) is 0 Å². The second-order valence-corrected chi connectivity index (χ2v) is 20.2. The van der Waals surface area contributed by atoms with E-state index in [1.165, 1.54) is 38.5 Å². The first-order valence-corrected chi connectivity index (χ1v) is 29.6. The summed E-state index contributed by atoms with van der Waals surface area (Å²) < 4.78 is 22.8. The Morgan fingerprint density at radius 1 is 0.390 bits per heavy atom. The van der Waals surface area contributed by atoms with Crippen LogP contribution in [0.25, 0.3) is 0 Å². The first kappa shape index (κ1) is 71.9. The third-order valence-electron chi connectivity index (χ3n) is 11.8. The molecule has 0 aliphatic rings. The van der Waals surface area contributed by atoms with Crippen LogP contribution in [0.4, 0.5) is 0 Å². The second kappa shape index (κ2) is 57.1. The highest BCUT2D eigenvalue weighted by Crippen LogP contribution is 2.14. The number of allylic oxidation sites excluding steroid dienone is 26. The minimum Gasteiger partial charge on any atom is -0.477 e. The van der Waals surface area contributed by atoms with Gasteiger partial charge in [-0.15, -0.1) is 0 Å². The van der Waals surface area contributed by atoms with Crippen molar-refractivity contribution in [1.29, 1.82) is 0 Å². The molecule has 2 unspecified atom stereocenters. The smallest absolute Gasteiger partial charge is 0.361 e. The van der Waals surface area contributed by atoms with Crippen molar-refractivity contribution in [3.8, 4) is 0 Å². The van der Waals surface area contributed by atoms with E-state index in [-0.39, 0.29) is 38.6 Å². The van der Waals surface area contributed by atoms with Gasteiger partial charge < -0.3 is 28.5 Å². The number of carbonyl (C=O) groups excluding carboxylic acids is 2. The highest BCUT2D eigenvalue weighted by molar-refractivity contribution is 5.71. The molecule has 0 spiro atoms. The van der Waals surface area contributed by atoms with E-state index in [4.69, 9.17) is 18.9 Å². The van der Waals surface area contributed by atoms with Crippen molar-refractivity contribution in [3.05, 3.63) is 158 Å². The monoisotopic (exact) mass is 1070 g/mol. The Morgan fingerprint density at radius 3 is 1.08 bits per heavy atom. The van der Waals surface area contributed by atoms with Crippen molar-refractivity contribution in [2.45, 2.75) is 206 Å². The third kappa shape index (κ3) is 58.4. The Labute approximate surface area is 470 Å². The molecule has 0 aliphatic carbocycles. The van der Waals surface area contributed by atoms with Crippen molar-refractivity contribution < 1.29 is 42.9 Å². The number of rotatable bonds is 52. The van der Waals surface area contributed by atoms with Crippen LogP contribution in [0, 0.1) is 0 Å². The van der Waals surface area contributed by atoms with Crippen LogP contribution in [-0.4, -0.2) is 87.4 Å². The van der Waals surface area contributed by atoms with Gasteiger partial charge in [-0.05, 0) is 116 Å². The lowest BCUT2D eigenvalue weighted by Gasteiger charge is -2.25. The lowest BCUT2D eigenvalue weighted by atomic mass is 10.1. The molecular formula is C68H108NO8+. The summed E-state index contributed by atoms with van der Waals surface area (Å²) >= 11 is 0. The van der Waals surface area contributed by atoms with Crippen molar-refractivity contribution in [2.24, 2.45) is 0 Å². The fourth-order valence-corrected chi connectivity index (χ4v) is 7.30. The molecular weight excluding hydrogens is 959 g/mol. The number of carboxylic acids is 1. The quantitative estimate of drug-likeness (QED) is 0.0211. The molecule has 432 valence electrons. The molecule has 0 aromatic carbocycles. The zero-order chi connectivity index (χ0) is 56.2. The van der Waals surface area contributed by atoms with E-state index in [1.807, 2.05) is 21.1 Å². The van der Waals surface area contributed by atoms with Crippen LogP contribution in [0.1, 0.15) is 194 Å². The van der Waals surface area contributed by atoms with Crippen molar-refractivity contribution in [2.75, 3.05) is 47.5 Å². The predicted molar refractivity (Wildman–Crippen MR) is 327 cm³/mol. The van der Waals surface area contributed by atoms with Gasteiger partial charge in [-0.25, -0.2) is 4.79 Å². The highest BCUT2D eigenvalue weighted by Gasteiger charge is 2.25. The standard InChI is InChI=1S/C68H107NO8/c1-6-8-10-12-14-16-18-20-22-24-26-28-30-31-32-33-34-35-37-39-41-43-45-47-49-51-53-55-57-59-66(71)77-64(63-76-68(67(72)73)74-61-60-69(3,4)5)62-75-65(70)58-56-54-52-50-48-46-44-42-40-38-36-29-27-25-23-21-19-17-15-13-11-9-7-2/h8-11,14-17,20-23,26-29,31-32,34-35,39,41,45,47,51,53,64,68H,6-7,12-13,18-19,24-25,30,33,36-38,40,42-44,46,48-50,52,54-63H2,1-5H3/p+1/b10-8-,11-9-,16-14-,17-15-,22-20-,23-21-,28-26-,29-27-,32-31-,35-34-,41-39-,47-45-,53-51-.